The largest absolute Gasteiger partial charge is 0.385 e. The summed E-state index contributed by atoms with van der Waals surface area (Å²) in [5.74, 6) is 0. The zero-order valence-corrected chi connectivity index (χ0v) is 5.85. The normalized spacial score (nSPS) is 10.0. The van der Waals surface area contributed by atoms with E-state index in [4.69, 9.17) is 4.74 Å². The molecule has 1 radical (unpaired) electrons. The molecule has 55 valence electrons. The van der Waals surface area contributed by atoms with E-state index < -0.39 is 0 Å². The van der Waals surface area contributed by atoms with Crippen LogP contribution in [-0.4, -0.2) is 33.4 Å². The molecule has 0 atom stereocenters. The molecule has 0 spiro atoms. The average Bonchev–Trinajstić information content (AvgIpc) is 1.89. The number of rotatable bonds is 6. The Kier molecular flexibility index (Phi) is 7.77. The highest BCUT2D eigenvalue weighted by molar-refractivity contribution is 4.43. The van der Waals surface area contributed by atoms with Gasteiger partial charge >= 0.3 is 0 Å². The lowest BCUT2D eigenvalue weighted by Gasteiger charge is -1.99. The van der Waals surface area contributed by atoms with Crippen LogP contribution in [0.15, 0.2) is 0 Å². The Labute approximate surface area is 56.0 Å². The maximum atomic E-state index is 9.87. The maximum absolute atomic E-state index is 9.87. The molecule has 0 fully saturated rings. The third kappa shape index (κ3) is 7.88. The van der Waals surface area contributed by atoms with E-state index in [1.807, 2.05) is 0 Å². The van der Waals surface area contributed by atoms with E-state index in [-0.39, 0.29) is 6.61 Å². The minimum absolute atomic E-state index is 0.0347. The molecule has 0 aromatic carbocycles. The van der Waals surface area contributed by atoms with E-state index in [2.05, 4.69) is 5.32 Å². The Morgan fingerprint density at radius 3 is 2.78 bits per heavy atom. The predicted octanol–water partition coefficient (Wildman–Crippen LogP) is 0.0430. The van der Waals surface area contributed by atoms with E-state index in [9.17, 15) is 5.11 Å². The number of methoxy groups -OCH3 is 1. The van der Waals surface area contributed by atoms with Gasteiger partial charge in [0.25, 0.3) is 0 Å². The van der Waals surface area contributed by atoms with Crippen molar-refractivity contribution in [2.75, 3.05) is 33.4 Å². The van der Waals surface area contributed by atoms with Gasteiger partial charge < -0.3 is 10.1 Å². The van der Waals surface area contributed by atoms with Crippen LogP contribution in [0.1, 0.15) is 6.42 Å². The van der Waals surface area contributed by atoms with Crippen LogP contribution in [0.2, 0.25) is 0 Å². The third-order valence-electron chi connectivity index (χ3n) is 0.981. The monoisotopic (exact) mass is 132 g/mol. The van der Waals surface area contributed by atoms with E-state index >= 15 is 0 Å². The molecule has 0 aliphatic heterocycles. The molecule has 0 saturated heterocycles. The number of hydrogen-bond acceptors (Lipinski definition) is 2. The van der Waals surface area contributed by atoms with Crippen molar-refractivity contribution in [1.82, 2.24) is 5.32 Å². The molecule has 0 bridgehead atoms. The molecule has 0 unspecified atom stereocenters. The average molecular weight is 132 g/mol. The van der Waals surface area contributed by atoms with Gasteiger partial charge in [-0.3, -0.25) is 0 Å². The summed E-state index contributed by atoms with van der Waals surface area (Å²) in [5.41, 5.74) is 0. The number of ether oxygens (including phenoxy) is 1. The summed E-state index contributed by atoms with van der Waals surface area (Å²) in [5, 5.41) is 12.8. The van der Waals surface area contributed by atoms with Crippen LogP contribution in [0, 0.1) is 0 Å². The van der Waals surface area contributed by atoms with Gasteiger partial charge in [0, 0.05) is 20.3 Å². The van der Waals surface area contributed by atoms with Crippen molar-refractivity contribution in [2.45, 2.75) is 6.42 Å². The molecule has 0 rings (SSSR count). The Hall–Kier alpha value is -0.120. The molecule has 3 nitrogen and oxygen atoms in total. The second kappa shape index (κ2) is 7.88. The van der Waals surface area contributed by atoms with Crippen molar-refractivity contribution in [1.29, 1.82) is 0 Å². The molecular formula is C6H14NO2. The fraction of sp³-hybridized carbons (Fsp3) is 1.00. The minimum Gasteiger partial charge on any atom is -0.385 e. The lowest BCUT2D eigenvalue weighted by molar-refractivity contribution is 0.182. The van der Waals surface area contributed by atoms with Crippen LogP contribution in [0.25, 0.3) is 0 Å². The predicted molar refractivity (Wildman–Crippen MR) is 34.9 cm³/mol. The highest BCUT2D eigenvalue weighted by Crippen LogP contribution is 1.75. The Bertz CT molecular complexity index is 44.3. The topological polar surface area (TPSA) is 41.2 Å². The molecule has 0 aromatic heterocycles. The first-order valence-corrected chi connectivity index (χ1v) is 3.19. The molecule has 3 heteroatoms. The van der Waals surface area contributed by atoms with E-state index in [1.54, 1.807) is 7.11 Å². The van der Waals surface area contributed by atoms with Crippen LogP contribution in [0.4, 0.5) is 0 Å². The zero-order valence-electron chi connectivity index (χ0n) is 5.85. The van der Waals surface area contributed by atoms with Gasteiger partial charge in [0.05, 0.1) is 6.61 Å². The quantitative estimate of drug-likeness (QED) is 0.518. The van der Waals surface area contributed by atoms with Crippen LogP contribution in [0.3, 0.4) is 0 Å². The van der Waals surface area contributed by atoms with Crippen molar-refractivity contribution in [3.05, 3.63) is 0 Å². The second-order valence-corrected chi connectivity index (χ2v) is 1.80. The van der Waals surface area contributed by atoms with Crippen molar-refractivity contribution in [3.63, 3.8) is 0 Å². The number of hydrogen-bond donors (Lipinski definition) is 1. The van der Waals surface area contributed by atoms with Crippen LogP contribution in [-0.2, 0) is 9.84 Å². The summed E-state index contributed by atoms with van der Waals surface area (Å²) in [6, 6.07) is 0. The summed E-state index contributed by atoms with van der Waals surface area (Å²) in [6.45, 7) is 2.19. The Morgan fingerprint density at radius 2 is 2.22 bits per heavy atom. The van der Waals surface area contributed by atoms with E-state index in [1.165, 1.54) is 0 Å². The molecule has 0 aliphatic carbocycles. The lowest BCUT2D eigenvalue weighted by Crippen LogP contribution is -2.19. The summed E-state index contributed by atoms with van der Waals surface area (Å²) < 4.78 is 4.80. The maximum Gasteiger partial charge on any atom is 0.0946 e. The van der Waals surface area contributed by atoms with Gasteiger partial charge in [-0.15, -0.1) is 0 Å². The van der Waals surface area contributed by atoms with Gasteiger partial charge in [-0.2, -0.15) is 0 Å². The summed E-state index contributed by atoms with van der Waals surface area (Å²) in [7, 11) is 1.67. The fourth-order valence-corrected chi connectivity index (χ4v) is 0.539. The van der Waals surface area contributed by atoms with Crippen molar-refractivity contribution in [2.24, 2.45) is 0 Å². The van der Waals surface area contributed by atoms with E-state index in [0.29, 0.717) is 6.54 Å². The van der Waals surface area contributed by atoms with Crippen LogP contribution in [0.5, 0.6) is 0 Å². The summed E-state index contributed by atoms with van der Waals surface area (Å²) in [4.78, 5) is 0. The molecule has 0 aromatic rings. The summed E-state index contributed by atoms with van der Waals surface area (Å²) in [6.07, 6.45) is 0.983. The van der Waals surface area contributed by atoms with Crippen LogP contribution < -0.4 is 5.32 Å². The zero-order chi connectivity index (χ0) is 6.95. The molecule has 0 heterocycles. The van der Waals surface area contributed by atoms with Crippen molar-refractivity contribution >= 4 is 0 Å². The fourth-order valence-electron chi connectivity index (χ4n) is 0.539. The van der Waals surface area contributed by atoms with Crippen molar-refractivity contribution < 1.29 is 9.84 Å². The first kappa shape index (κ1) is 8.88. The Balaban J connectivity index is 2.60. The lowest BCUT2D eigenvalue weighted by atomic mass is 10.4. The molecule has 1 N–H and O–H groups in total. The summed E-state index contributed by atoms with van der Waals surface area (Å²) >= 11 is 0. The van der Waals surface area contributed by atoms with Gasteiger partial charge in [-0.25, -0.2) is 5.11 Å². The van der Waals surface area contributed by atoms with Gasteiger partial charge in [0.15, 0.2) is 0 Å². The van der Waals surface area contributed by atoms with Gasteiger partial charge in [-0.1, -0.05) is 0 Å². The van der Waals surface area contributed by atoms with E-state index in [0.717, 1.165) is 19.6 Å². The highest BCUT2D eigenvalue weighted by Gasteiger charge is 1.84. The number of nitrogens with one attached hydrogen (secondary N) is 1. The van der Waals surface area contributed by atoms with Gasteiger partial charge in [-0.05, 0) is 13.0 Å². The van der Waals surface area contributed by atoms with Gasteiger partial charge in [0.1, 0.15) is 0 Å². The first-order valence-electron chi connectivity index (χ1n) is 3.19. The third-order valence-corrected chi connectivity index (χ3v) is 0.981. The second-order valence-electron chi connectivity index (χ2n) is 1.80. The molecular weight excluding hydrogens is 118 g/mol. The van der Waals surface area contributed by atoms with Crippen LogP contribution >= 0.6 is 0 Å². The first-order chi connectivity index (χ1) is 4.41. The highest BCUT2D eigenvalue weighted by atomic mass is 16.5. The molecule has 0 aliphatic rings. The minimum atomic E-state index is -0.0347. The SMILES string of the molecule is COCCCNCC[O]. The molecule has 0 amide bonds. The van der Waals surface area contributed by atoms with Crippen molar-refractivity contribution in [3.8, 4) is 0 Å². The smallest absolute Gasteiger partial charge is 0.0946 e. The molecule has 0 saturated carbocycles. The Morgan fingerprint density at radius 1 is 1.44 bits per heavy atom. The molecule has 9 heavy (non-hydrogen) atoms. The van der Waals surface area contributed by atoms with Gasteiger partial charge in [0.2, 0.25) is 0 Å². The standard InChI is InChI=1S/C6H14NO2/c1-9-6-2-3-7-4-5-8/h7H,2-6H2,1H3.